The molecule has 2 aromatic heterocycles. The van der Waals surface area contributed by atoms with Gasteiger partial charge in [0.2, 0.25) is 5.89 Å². The van der Waals surface area contributed by atoms with Gasteiger partial charge in [-0.15, -0.1) is 15.3 Å². The van der Waals surface area contributed by atoms with E-state index in [9.17, 15) is 0 Å². The van der Waals surface area contributed by atoms with Crippen LogP contribution in [-0.4, -0.2) is 19.8 Å². The van der Waals surface area contributed by atoms with Gasteiger partial charge >= 0.3 is 0 Å². The van der Waals surface area contributed by atoms with E-state index in [0.29, 0.717) is 21.2 Å². The Morgan fingerprint density at radius 2 is 1.87 bits per heavy atom. The topological polar surface area (TPSA) is 64.7 Å². The van der Waals surface area contributed by atoms with Gasteiger partial charge in [-0.25, -0.2) is 0 Å². The summed E-state index contributed by atoms with van der Waals surface area (Å²) in [6, 6.07) is 8.19. The maximum atomic E-state index is 5.97. The quantitative estimate of drug-likeness (QED) is 0.616. The van der Waals surface area contributed by atoms with E-state index in [0.717, 1.165) is 11.3 Å². The minimum atomic E-state index is 0.120. The molecule has 0 radical (unpaired) electrons. The Labute approximate surface area is 147 Å². The highest BCUT2D eigenvalue weighted by Crippen LogP contribution is 2.29. The van der Waals surface area contributed by atoms with E-state index in [1.807, 2.05) is 12.1 Å². The van der Waals surface area contributed by atoms with E-state index in [4.69, 9.17) is 16.0 Å². The predicted octanol–water partition coefficient (Wildman–Crippen LogP) is 4.83. The summed E-state index contributed by atoms with van der Waals surface area (Å²) in [6.07, 6.45) is 0. The second-order valence-corrected chi connectivity index (χ2v) is 8.27. The Hall–Kier alpha value is -1.44. The Balaban J connectivity index is 1.70. The first-order valence-electron chi connectivity index (χ1n) is 6.97. The number of thioether (sulfide) groups is 1. The van der Waals surface area contributed by atoms with E-state index < -0.39 is 0 Å². The summed E-state index contributed by atoms with van der Waals surface area (Å²) in [7, 11) is 0. The number of rotatable bonds is 4. The zero-order valence-corrected chi connectivity index (χ0v) is 15.3. The zero-order chi connectivity index (χ0) is 16.4. The van der Waals surface area contributed by atoms with Crippen molar-refractivity contribution in [2.75, 3.05) is 0 Å². The van der Waals surface area contributed by atoms with Gasteiger partial charge in [0.15, 0.2) is 0 Å². The average Bonchev–Trinajstić information content (AvgIpc) is 3.13. The molecule has 8 heteroatoms. The predicted molar refractivity (Wildman–Crippen MR) is 92.9 cm³/mol. The Bertz CT molecular complexity index is 792. The number of aromatic nitrogens is 4. The SMILES string of the molecule is CC(C)(C)c1ccc(-c2nnc(SCc3nnsc3Cl)o2)cc1. The Morgan fingerprint density at radius 3 is 2.48 bits per heavy atom. The molecule has 0 aliphatic rings. The van der Waals surface area contributed by atoms with Crippen LogP contribution in [0.3, 0.4) is 0 Å². The summed E-state index contributed by atoms with van der Waals surface area (Å²) in [5.74, 6) is 1.07. The molecule has 0 bridgehead atoms. The fraction of sp³-hybridized carbons (Fsp3) is 0.333. The van der Waals surface area contributed by atoms with E-state index in [1.165, 1.54) is 28.9 Å². The van der Waals surface area contributed by atoms with Crippen molar-refractivity contribution in [1.82, 2.24) is 19.8 Å². The summed E-state index contributed by atoms with van der Waals surface area (Å²) < 4.78 is 10.1. The Morgan fingerprint density at radius 1 is 1.13 bits per heavy atom. The van der Waals surface area contributed by atoms with E-state index >= 15 is 0 Å². The maximum Gasteiger partial charge on any atom is 0.277 e. The molecule has 0 saturated heterocycles. The van der Waals surface area contributed by atoms with E-state index in [-0.39, 0.29) is 5.41 Å². The molecule has 23 heavy (non-hydrogen) atoms. The van der Waals surface area contributed by atoms with Crippen LogP contribution >= 0.6 is 34.9 Å². The van der Waals surface area contributed by atoms with Crippen molar-refractivity contribution in [1.29, 1.82) is 0 Å². The lowest BCUT2D eigenvalue weighted by molar-refractivity contribution is 0.465. The number of nitrogens with zero attached hydrogens (tertiary/aromatic N) is 4. The fourth-order valence-corrected chi connectivity index (χ4v) is 3.41. The lowest BCUT2D eigenvalue weighted by Gasteiger charge is -2.18. The standard InChI is InChI=1S/C15H15ClN4OS2/c1-15(2,3)10-6-4-9(5-7-10)13-18-19-14(21-13)22-8-11-12(16)23-20-17-11/h4-7H,8H2,1-3H3. The Kier molecular flexibility index (Phi) is 4.70. The monoisotopic (exact) mass is 366 g/mol. The molecule has 1 aromatic carbocycles. The lowest BCUT2D eigenvalue weighted by atomic mass is 9.87. The number of halogens is 1. The molecule has 3 aromatic rings. The van der Waals surface area contributed by atoms with Crippen LogP contribution in [0.5, 0.6) is 0 Å². The van der Waals surface area contributed by atoms with Crippen LogP contribution < -0.4 is 0 Å². The van der Waals surface area contributed by atoms with Crippen molar-refractivity contribution in [3.63, 3.8) is 0 Å². The lowest BCUT2D eigenvalue weighted by Crippen LogP contribution is -2.10. The van der Waals surface area contributed by atoms with Crippen molar-refractivity contribution in [3.8, 4) is 11.5 Å². The van der Waals surface area contributed by atoms with Crippen molar-refractivity contribution < 1.29 is 4.42 Å². The third-order valence-electron chi connectivity index (χ3n) is 3.25. The van der Waals surface area contributed by atoms with Crippen molar-refractivity contribution in [2.45, 2.75) is 37.2 Å². The fourth-order valence-electron chi connectivity index (χ4n) is 1.91. The largest absolute Gasteiger partial charge is 0.411 e. The van der Waals surface area contributed by atoms with Gasteiger partial charge in [-0.05, 0) is 23.1 Å². The minimum Gasteiger partial charge on any atom is -0.411 e. The molecular weight excluding hydrogens is 352 g/mol. The van der Waals surface area contributed by atoms with Gasteiger partial charge in [-0.3, -0.25) is 0 Å². The normalized spacial score (nSPS) is 11.8. The van der Waals surface area contributed by atoms with Crippen LogP contribution in [-0.2, 0) is 11.2 Å². The maximum absolute atomic E-state index is 5.97. The van der Waals surface area contributed by atoms with Gasteiger partial charge in [-0.2, -0.15) is 0 Å². The molecule has 3 rings (SSSR count). The third-order valence-corrected chi connectivity index (χ3v) is 5.06. The minimum absolute atomic E-state index is 0.120. The van der Waals surface area contributed by atoms with Gasteiger partial charge in [0.1, 0.15) is 10.0 Å². The smallest absolute Gasteiger partial charge is 0.277 e. The summed E-state index contributed by atoms with van der Waals surface area (Å²) >= 11 is 8.54. The van der Waals surface area contributed by atoms with Crippen LogP contribution in [0.4, 0.5) is 0 Å². The molecule has 120 valence electrons. The van der Waals surface area contributed by atoms with Crippen LogP contribution in [0, 0.1) is 0 Å². The first-order valence-corrected chi connectivity index (χ1v) is 9.11. The summed E-state index contributed by atoms with van der Waals surface area (Å²) in [5, 5.41) is 12.6. The molecule has 0 N–H and O–H groups in total. The first kappa shape index (κ1) is 16.4. The van der Waals surface area contributed by atoms with Crippen molar-refractivity contribution in [3.05, 3.63) is 39.9 Å². The number of hydrogen-bond acceptors (Lipinski definition) is 7. The molecule has 0 fully saturated rings. The molecule has 5 nitrogen and oxygen atoms in total. The van der Waals surface area contributed by atoms with Crippen LogP contribution in [0.1, 0.15) is 32.0 Å². The summed E-state index contributed by atoms with van der Waals surface area (Å²) in [5.41, 5.74) is 3.03. The average molecular weight is 367 g/mol. The molecule has 0 amide bonds. The van der Waals surface area contributed by atoms with E-state index in [2.05, 4.69) is 52.7 Å². The first-order chi connectivity index (χ1) is 10.9. The highest BCUT2D eigenvalue weighted by Gasteiger charge is 2.15. The number of benzene rings is 1. The second-order valence-electron chi connectivity index (χ2n) is 5.98. The highest BCUT2D eigenvalue weighted by atomic mass is 35.5. The second kappa shape index (κ2) is 6.59. The third kappa shape index (κ3) is 3.91. The molecule has 0 atom stereocenters. The molecule has 0 unspecified atom stereocenters. The molecule has 0 saturated carbocycles. The van der Waals surface area contributed by atoms with Gasteiger partial charge < -0.3 is 4.42 Å². The highest BCUT2D eigenvalue weighted by molar-refractivity contribution is 7.98. The van der Waals surface area contributed by atoms with Crippen LogP contribution in [0.2, 0.25) is 4.34 Å². The summed E-state index contributed by atoms with van der Waals surface area (Å²) in [6.45, 7) is 6.55. The molecule has 0 spiro atoms. The molecule has 0 aliphatic heterocycles. The van der Waals surface area contributed by atoms with Crippen molar-refractivity contribution >= 4 is 34.9 Å². The summed E-state index contributed by atoms with van der Waals surface area (Å²) in [4.78, 5) is 0. The molecular formula is C15H15ClN4OS2. The van der Waals surface area contributed by atoms with Gasteiger partial charge in [0.05, 0.1) is 0 Å². The van der Waals surface area contributed by atoms with Gasteiger partial charge in [0, 0.05) is 22.8 Å². The molecule has 0 aliphatic carbocycles. The number of hydrogen-bond donors (Lipinski definition) is 0. The van der Waals surface area contributed by atoms with Crippen LogP contribution in [0.25, 0.3) is 11.5 Å². The van der Waals surface area contributed by atoms with Gasteiger partial charge in [0.25, 0.3) is 5.22 Å². The molecule has 2 heterocycles. The van der Waals surface area contributed by atoms with Crippen LogP contribution in [0.15, 0.2) is 33.9 Å². The van der Waals surface area contributed by atoms with Crippen molar-refractivity contribution in [2.24, 2.45) is 0 Å². The van der Waals surface area contributed by atoms with E-state index in [1.54, 1.807) is 0 Å². The zero-order valence-electron chi connectivity index (χ0n) is 12.9. The van der Waals surface area contributed by atoms with Gasteiger partial charge in [-0.1, -0.05) is 60.8 Å².